The van der Waals surface area contributed by atoms with Crippen LogP contribution < -0.4 is 16.1 Å². The van der Waals surface area contributed by atoms with Gasteiger partial charge in [-0.1, -0.05) is 57.2 Å². The molecule has 3 aromatic rings. The van der Waals surface area contributed by atoms with Crippen LogP contribution in [0.3, 0.4) is 0 Å². The average Bonchev–Trinajstić information content (AvgIpc) is 3.05. The molecule has 0 saturated heterocycles. The van der Waals surface area contributed by atoms with E-state index < -0.39 is 0 Å². The molecule has 0 amide bonds. The van der Waals surface area contributed by atoms with Crippen molar-refractivity contribution in [2.24, 2.45) is 0 Å². The minimum absolute atomic E-state index is 0.0543. The predicted octanol–water partition coefficient (Wildman–Crippen LogP) is 5.44. The van der Waals surface area contributed by atoms with Gasteiger partial charge < -0.3 is 15.7 Å². The first kappa shape index (κ1) is 29.4. The van der Waals surface area contributed by atoms with Crippen molar-refractivity contribution < 1.29 is 13.9 Å². The first-order valence-electron chi connectivity index (χ1n) is 13.3. The Morgan fingerprint density at radius 2 is 1.42 bits per heavy atom. The maximum Gasteiger partial charge on any atom is 0.206 e. The molecule has 38 heavy (non-hydrogen) atoms. The lowest BCUT2D eigenvalue weighted by molar-refractivity contribution is 0.262. The molecule has 3 N–H and O–H groups in total. The van der Waals surface area contributed by atoms with Crippen molar-refractivity contribution in [3.8, 4) is 0 Å². The molecule has 0 unspecified atom stereocenters. The van der Waals surface area contributed by atoms with Crippen LogP contribution in [0, 0.1) is 11.6 Å². The summed E-state index contributed by atoms with van der Waals surface area (Å²) in [4.78, 5) is 15.6. The quantitative estimate of drug-likeness (QED) is 0.263. The van der Waals surface area contributed by atoms with Gasteiger partial charge in [0.1, 0.15) is 11.6 Å². The minimum atomic E-state index is -0.307. The smallest absolute Gasteiger partial charge is 0.206 e. The number of anilines is 1. The molecule has 0 saturated carbocycles. The first-order chi connectivity index (χ1) is 18.3. The summed E-state index contributed by atoms with van der Waals surface area (Å²) in [6.07, 6.45) is 0.930. The van der Waals surface area contributed by atoms with Crippen molar-refractivity contribution >= 4 is 5.69 Å². The van der Waals surface area contributed by atoms with Crippen molar-refractivity contribution in [1.82, 2.24) is 10.2 Å². The fourth-order valence-electron chi connectivity index (χ4n) is 4.46. The lowest BCUT2D eigenvalue weighted by Crippen LogP contribution is -2.35. The van der Waals surface area contributed by atoms with E-state index in [4.69, 9.17) is 0 Å². The second kappa shape index (κ2) is 14.7. The van der Waals surface area contributed by atoms with E-state index in [1.54, 1.807) is 24.3 Å². The zero-order chi connectivity index (χ0) is 27.5. The third-order valence-electron chi connectivity index (χ3n) is 6.54. The Morgan fingerprint density at radius 3 is 1.95 bits per heavy atom. The molecule has 0 aliphatic heterocycles. The number of halogens is 2. The number of aliphatic hydroxyl groups is 1. The Labute approximate surface area is 224 Å². The number of benzene rings is 2. The monoisotopic (exact) mass is 523 g/mol. The van der Waals surface area contributed by atoms with E-state index in [2.05, 4.69) is 36.3 Å². The average molecular weight is 524 g/mol. The standard InChI is InChI=1S/C31H39F2N3O2/c1-4-17-36(21-26-6-5-25(22(2)3)20-29(31(26)38)34-16-19-37)18-15-35-30(23-7-11-27(32)12-8-23)24-9-13-28(33)14-10-24/h5-14,20,22,30,35,37H,4,15-19,21H2,1-3H3,(H,34,38). The highest BCUT2D eigenvalue weighted by molar-refractivity contribution is 5.48. The fourth-order valence-corrected chi connectivity index (χ4v) is 4.46. The number of hydrogen-bond donors (Lipinski definition) is 3. The zero-order valence-electron chi connectivity index (χ0n) is 22.5. The molecule has 0 heterocycles. The topological polar surface area (TPSA) is 64.6 Å². The molecule has 0 bridgehead atoms. The lowest BCUT2D eigenvalue weighted by Gasteiger charge is -2.25. The third-order valence-corrected chi connectivity index (χ3v) is 6.54. The van der Waals surface area contributed by atoms with Gasteiger partial charge in [-0.05, 0) is 65.9 Å². The van der Waals surface area contributed by atoms with Crippen LogP contribution in [0.4, 0.5) is 14.5 Å². The van der Waals surface area contributed by atoms with Crippen molar-refractivity contribution in [3.63, 3.8) is 0 Å². The van der Waals surface area contributed by atoms with Crippen molar-refractivity contribution in [3.05, 3.63) is 111 Å². The van der Waals surface area contributed by atoms with Crippen LogP contribution in [-0.4, -0.2) is 42.8 Å². The fraction of sp³-hybridized carbons (Fsp3) is 0.387. The van der Waals surface area contributed by atoms with Gasteiger partial charge >= 0.3 is 0 Å². The number of nitrogens with zero attached hydrogens (tertiary/aromatic N) is 1. The Balaban J connectivity index is 1.79. The van der Waals surface area contributed by atoms with Gasteiger partial charge in [-0.3, -0.25) is 9.69 Å². The largest absolute Gasteiger partial charge is 0.395 e. The van der Waals surface area contributed by atoms with Crippen LogP contribution in [0.15, 0.2) is 71.5 Å². The third kappa shape index (κ3) is 8.45. The summed E-state index contributed by atoms with van der Waals surface area (Å²) in [6, 6.07) is 18.2. The molecule has 0 aliphatic carbocycles. The van der Waals surface area contributed by atoms with Gasteiger partial charge in [-0.25, -0.2) is 8.78 Å². The number of rotatable bonds is 14. The minimum Gasteiger partial charge on any atom is -0.395 e. The highest BCUT2D eigenvalue weighted by Crippen LogP contribution is 2.23. The summed E-state index contributed by atoms with van der Waals surface area (Å²) >= 11 is 0. The SMILES string of the molecule is CCCN(CCNC(c1ccc(F)cc1)c1ccc(F)cc1)Cc1ccc(C(C)C)cc(NCCO)c1=O. The molecule has 0 aromatic heterocycles. The molecular formula is C31H39F2N3O2. The van der Waals surface area contributed by atoms with E-state index in [0.717, 1.165) is 29.7 Å². The predicted molar refractivity (Wildman–Crippen MR) is 151 cm³/mol. The second-order valence-corrected chi connectivity index (χ2v) is 9.82. The normalized spacial score (nSPS) is 11.5. The molecule has 0 radical (unpaired) electrons. The molecule has 7 heteroatoms. The first-order valence-corrected chi connectivity index (χ1v) is 13.3. The Bertz CT molecular complexity index is 1160. The Morgan fingerprint density at radius 1 is 0.842 bits per heavy atom. The maximum atomic E-state index is 13.6. The van der Waals surface area contributed by atoms with Crippen LogP contribution in [-0.2, 0) is 6.54 Å². The Hall–Kier alpha value is -3.13. The molecule has 204 valence electrons. The van der Waals surface area contributed by atoms with Gasteiger partial charge in [0.05, 0.1) is 18.3 Å². The van der Waals surface area contributed by atoms with E-state index in [1.807, 2.05) is 18.2 Å². The molecule has 5 nitrogen and oxygen atoms in total. The van der Waals surface area contributed by atoms with Gasteiger partial charge in [0.15, 0.2) is 0 Å². The highest BCUT2D eigenvalue weighted by atomic mass is 19.1. The van der Waals surface area contributed by atoms with Crippen molar-refractivity contribution in [2.45, 2.75) is 45.7 Å². The molecule has 0 spiro atoms. The molecule has 0 aliphatic rings. The van der Waals surface area contributed by atoms with Crippen LogP contribution >= 0.6 is 0 Å². The molecule has 3 rings (SSSR count). The lowest BCUT2D eigenvalue weighted by atomic mass is 9.98. The summed E-state index contributed by atoms with van der Waals surface area (Å²) in [6.45, 7) is 9.13. The van der Waals surface area contributed by atoms with Crippen LogP contribution in [0.2, 0.25) is 0 Å². The van der Waals surface area contributed by atoms with E-state index in [1.165, 1.54) is 24.3 Å². The summed E-state index contributed by atoms with van der Waals surface area (Å²) in [5.74, 6) is -0.354. The van der Waals surface area contributed by atoms with E-state index >= 15 is 0 Å². The zero-order valence-corrected chi connectivity index (χ0v) is 22.5. The van der Waals surface area contributed by atoms with E-state index in [-0.39, 0.29) is 35.6 Å². The summed E-state index contributed by atoms with van der Waals surface area (Å²) in [7, 11) is 0. The summed E-state index contributed by atoms with van der Waals surface area (Å²) in [5.41, 5.74) is 3.97. The van der Waals surface area contributed by atoms with Gasteiger partial charge in [0.25, 0.3) is 0 Å². The molecular weight excluding hydrogens is 484 g/mol. The summed E-state index contributed by atoms with van der Waals surface area (Å²) in [5, 5.41) is 15.9. The maximum absolute atomic E-state index is 13.6. The second-order valence-electron chi connectivity index (χ2n) is 9.82. The van der Waals surface area contributed by atoms with Crippen molar-refractivity contribution in [2.75, 3.05) is 38.1 Å². The van der Waals surface area contributed by atoms with Crippen LogP contribution in [0.25, 0.3) is 0 Å². The molecule has 3 aromatic carbocycles. The van der Waals surface area contributed by atoms with Crippen LogP contribution in [0.5, 0.6) is 0 Å². The van der Waals surface area contributed by atoms with Gasteiger partial charge in [-0.2, -0.15) is 0 Å². The highest BCUT2D eigenvalue weighted by Gasteiger charge is 2.16. The van der Waals surface area contributed by atoms with Gasteiger partial charge in [0.2, 0.25) is 5.43 Å². The van der Waals surface area contributed by atoms with Gasteiger partial charge in [0, 0.05) is 31.7 Å². The van der Waals surface area contributed by atoms with Crippen LogP contribution in [0.1, 0.15) is 61.4 Å². The van der Waals surface area contributed by atoms with E-state index in [0.29, 0.717) is 37.4 Å². The number of aliphatic hydroxyl groups excluding tert-OH is 1. The molecule has 0 fully saturated rings. The Kier molecular flexibility index (Phi) is 11.4. The van der Waals surface area contributed by atoms with Crippen molar-refractivity contribution in [1.29, 1.82) is 0 Å². The van der Waals surface area contributed by atoms with Gasteiger partial charge in [-0.15, -0.1) is 0 Å². The molecule has 0 atom stereocenters. The number of nitrogens with one attached hydrogen (secondary N) is 2. The summed E-state index contributed by atoms with van der Waals surface area (Å²) < 4.78 is 27.1. The number of hydrogen-bond acceptors (Lipinski definition) is 5. The van der Waals surface area contributed by atoms with E-state index in [9.17, 15) is 18.7 Å².